The molecule has 26 heavy (non-hydrogen) atoms. The molecule has 0 fully saturated rings. The van der Waals surface area contributed by atoms with Gasteiger partial charge < -0.3 is 4.74 Å². The van der Waals surface area contributed by atoms with Crippen LogP contribution in [0.1, 0.15) is 18.9 Å². The lowest BCUT2D eigenvalue weighted by Gasteiger charge is -2.22. The normalized spacial score (nSPS) is 16.3. The van der Waals surface area contributed by atoms with Crippen LogP contribution in [0.5, 0.6) is 5.75 Å². The van der Waals surface area contributed by atoms with Gasteiger partial charge in [0.05, 0.1) is 24.8 Å². The molecule has 0 aliphatic carbocycles. The van der Waals surface area contributed by atoms with Crippen molar-refractivity contribution >= 4 is 40.1 Å². The lowest BCUT2D eigenvalue weighted by Crippen LogP contribution is -2.35. The van der Waals surface area contributed by atoms with Crippen molar-refractivity contribution in [3.63, 3.8) is 0 Å². The van der Waals surface area contributed by atoms with E-state index in [1.807, 2.05) is 50.2 Å². The summed E-state index contributed by atoms with van der Waals surface area (Å²) in [5.41, 5.74) is 1.90. The second-order valence-corrected chi connectivity index (χ2v) is 7.62. The zero-order chi connectivity index (χ0) is 18.5. The first kappa shape index (κ1) is 18.8. The SMILES string of the molecule is Cc1cccc(OCCC(=O)N(C2=NC(C)CS2)c2ccc(Cl)cc2)c1. The van der Waals surface area contributed by atoms with E-state index in [1.54, 1.807) is 28.8 Å². The van der Waals surface area contributed by atoms with Crippen LogP contribution in [-0.2, 0) is 4.79 Å². The monoisotopic (exact) mass is 388 g/mol. The molecule has 0 radical (unpaired) electrons. The predicted molar refractivity (Wildman–Crippen MR) is 110 cm³/mol. The van der Waals surface area contributed by atoms with Gasteiger partial charge in [-0.1, -0.05) is 35.5 Å². The highest BCUT2D eigenvalue weighted by atomic mass is 35.5. The molecular weight excluding hydrogens is 368 g/mol. The topological polar surface area (TPSA) is 41.9 Å². The van der Waals surface area contributed by atoms with Gasteiger partial charge in [-0.15, -0.1) is 0 Å². The summed E-state index contributed by atoms with van der Waals surface area (Å²) in [5, 5.41) is 1.37. The maximum absolute atomic E-state index is 12.9. The Kier molecular flexibility index (Phi) is 6.22. The van der Waals surface area contributed by atoms with Crippen molar-refractivity contribution in [1.29, 1.82) is 0 Å². The van der Waals surface area contributed by atoms with Crippen molar-refractivity contribution in [2.75, 3.05) is 17.3 Å². The standard InChI is InChI=1S/C20H21ClN2O2S/c1-14-4-3-5-18(12-14)25-11-10-19(24)23(20-22-15(2)13-26-20)17-8-6-16(21)7-9-17/h3-9,12,15H,10-11,13H2,1-2H3. The van der Waals surface area contributed by atoms with Gasteiger partial charge in [-0.05, 0) is 55.8 Å². The molecule has 1 unspecified atom stereocenters. The van der Waals surface area contributed by atoms with Crippen LogP contribution in [0, 0.1) is 6.92 Å². The molecule has 1 aliphatic heterocycles. The van der Waals surface area contributed by atoms with E-state index in [9.17, 15) is 4.79 Å². The zero-order valence-electron chi connectivity index (χ0n) is 14.8. The van der Waals surface area contributed by atoms with Gasteiger partial charge >= 0.3 is 0 Å². The first-order valence-electron chi connectivity index (χ1n) is 8.51. The summed E-state index contributed by atoms with van der Waals surface area (Å²) in [6.07, 6.45) is 0.268. The first-order chi connectivity index (χ1) is 12.5. The van der Waals surface area contributed by atoms with Crippen LogP contribution in [0.3, 0.4) is 0 Å². The maximum Gasteiger partial charge on any atom is 0.236 e. The zero-order valence-corrected chi connectivity index (χ0v) is 16.4. The quantitative estimate of drug-likeness (QED) is 0.728. The molecule has 1 heterocycles. The third-order valence-electron chi connectivity index (χ3n) is 3.88. The van der Waals surface area contributed by atoms with Gasteiger partial charge in [0.25, 0.3) is 0 Å². The van der Waals surface area contributed by atoms with Gasteiger partial charge in [-0.3, -0.25) is 14.7 Å². The molecule has 136 valence electrons. The van der Waals surface area contributed by atoms with Crippen LogP contribution < -0.4 is 9.64 Å². The van der Waals surface area contributed by atoms with Gasteiger partial charge in [0.15, 0.2) is 5.17 Å². The number of carbonyl (C=O) groups is 1. The number of hydrogen-bond donors (Lipinski definition) is 0. The second-order valence-electron chi connectivity index (χ2n) is 6.19. The Bertz CT molecular complexity index is 808. The fraction of sp³-hybridized carbons (Fsp3) is 0.300. The van der Waals surface area contributed by atoms with Crippen LogP contribution >= 0.6 is 23.4 Å². The lowest BCUT2D eigenvalue weighted by atomic mass is 10.2. The molecule has 0 bridgehead atoms. The number of ether oxygens (including phenoxy) is 1. The number of aliphatic imine (C=N–C) groups is 1. The van der Waals surface area contributed by atoms with E-state index >= 15 is 0 Å². The van der Waals surface area contributed by atoms with Gasteiger partial charge in [0, 0.05) is 10.8 Å². The Hall–Kier alpha value is -1.98. The van der Waals surface area contributed by atoms with Gasteiger partial charge in [-0.2, -0.15) is 0 Å². The summed E-state index contributed by atoms with van der Waals surface area (Å²) in [6, 6.07) is 15.3. The lowest BCUT2D eigenvalue weighted by molar-refractivity contribution is -0.118. The van der Waals surface area contributed by atoms with E-state index in [1.165, 1.54) is 0 Å². The molecule has 0 aromatic heterocycles. The Balaban J connectivity index is 1.70. The predicted octanol–water partition coefficient (Wildman–Crippen LogP) is 4.94. The van der Waals surface area contributed by atoms with Gasteiger partial charge in [0.1, 0.15) is 5.75 Å². The third-order valence-corrected chi connectivity index (χ3v) is 5.33. The second kappa shape index (κ2) is 8.60. The molecule has 3 rings (SSSR count). The summed E-state index contributed by atoms with van der Waals surface area (Å²) >= 11 is 7.58. The van der Waals surface area contributed by atoms with Crippen LogP contribution in [-0.4, -0.2) is 29.5 Å². The molecule has 1 atom stereocenters. The average Bonchev–Trinajstić information content (AvgIpc) is 3.03. The molecule has 0 saturated carbocycles. The number of anilines is 1. The molecule has 0 saturated heterocycles. The molecule has 0 N–H and O–H groups in total. The minimum absolute atomic E-state index is 0.0414. The van der Waals surface area contributed by atoms with E-state index in [4.69, 9.17) is 16.3 Å². The van der Waals surface area contributed by atoms with E-state index in [0.29, 0.717) is 11.6 Å². The Morgan fingerprint density at radius 1 is 1.31 bits per heavy atom. The smallest absolute Gasteiger partial charge is 0.236 e. The number of amidine groups is 1. The average molecular weight is 389 g/mol. The van der Waals surface area contributed by atoms with Crippen LogP contribution in [0.15, 0.2) is 53.5 Å². The highest BCUT2D eigenvalue weighted by molar-refractivity contribution is 8.14. The highest BCUT2D eigenvalue weighted by Crippen LogP contribution is 2.27. The van der Waals surface area contributed by atoms with Crippen molar-refractivity contribution in [1.82, 2.24) is 0 Å². The minimum atomic E-state index is -0.0414. The summed E-state index contributed by atoms with van der Waals surface area (Å²) in [4.78, 5) is 19.2. The fourth-order valence-electron chi connectivity index (χ4n) is 2.60. The third kappa shape index (κ3) is 4.80. The Morgan fingerprint density at radius 2 is 2.08 bits per heavy atom. The van der Waals surface area contributed by atoms with Crippen LogP contribution in [0.25, 0.3) is 0 Å². The number of carbonyl (C=O) groups excluding carboxylic acids is 1. The van der Waals surface area contributed by atoms with E-state index < -0.39 is 0 Å². The number of thioether (sulfide) groups is 1. The van der Waals surface area contributed by atoms with Gasteiger partial charge in [0.2, 0.25) is 5.91 Å². The molecule has 1 amide bonds. The molecule has 2 aromatic rings. The van der Waals surface area contributed by atoms with E-state index in [0.717, 1.165) is 27.9 Å². The molecule has 2 aromatic carbocycles. The van der Waals surface area contributed by atoms with E-state index in [-0.39, 0.29) is 18.4 Å². The van der Waals surface area contributed by atoms with Crippen molar-refractivity contribution < 1.29 is 9.53 Å². The van der Waals surface area contributed by atoms with Crippen LogP contribution in [0.2, 0.25) is 5.02 Å². The van der Waals surface area contributed by atoms with Crippen LogP contribution in [0.4, 0.5) is 5.69 Å². The van der Waals surface area contributed by atoms with Crippen molar-refractivity contribution in [2.45, 2.75) is 26.3 Å². The van der Waals surface area contributed by atoms with Crippen molar-refractivity contribution in [2.24, 2.45) is 4.99 Å². The largest absolute Gasteiger partial charge is 0.493 e. The summed E-state index contributed by atoms with van der Waals surface area (Å²) in [6.45, 7) is 4.38. The highest BCUT2D eigenvalue weighted by Gasteiger charge is 2.26. The maximum atomic E-state index is 12.9. The summed E-state index contributed by atoms with van der Waals surface area (Å²) < 4.78 is 5.73. The van der Waals surface area contributed by atoms with E-state index in [2.05, 4.69) is 4.99 Å². The number of amides is 1. The molecular formula is C20H21ClN2O2S. The Morgan fingerprint density at radius 3 is 2.73 bits per heavy atom. The summed E-state index contributed by atoms with van der Waals surface area (Å²) in [7, 11) is 0. The number of hydrogen-bond acceptors (Lipinski definition) is 4. The van der Waals surface area contributed by atoms with Crippen molar-refractivity contribution in [3.05, 3.63) is 59.1 Å². The fourth-order valence-corrected chi connectivity index (χ4v) is 3.79. The first-order valence-corrected chi connectivity index (χ1v) is 9.88. The van der Waals surface area contributed by atoms with Crippen molar-refractivity contribution in [3.8, 4) is 5.75 Å². The number of aryl methyl sites for hydroxylation is 1. The number of rotatable bonds is 5. The molecule has 6 heteroatoms. The Labute approximate surface area is 163 Å². The summed E-state index contributed by atoms with van der Waals surface area (Å²) in [5.74, 6) is 1.62. The number of halogens is 1. The molecule has 4 nitrogen and oxygen atoms in total. The van der Waals surface area contributed by atoms with Gasteiger partial charge in [-0.25, -0.2) is 0 Å². The number of nitrogens with zero attached hydrogens (tertiary/aromatic N) is 2. The molecule has 0 spiro atoms. The minimum Gasteiger partial charge on any atom is -0.493 e. The number of benzene rings is 2. The molecule has 1 aliphatic rings.